The molecule has 24 heavy (non-hydrogen) atoms. The van der Waals surface area contributed by atoms with Gasteiger partial charge in [-0.25, -0.2) is 9.78 Å². The summed E-state index contributed by atoms with van der Waals surface area (Å²) in [5.74, 6) is 0. The fraction of sp³-hybridized carbons (Fsp3) is 0.222. The summed E-state index contributed by atoms with van der Waals surface area (Å²) < 4.78 is 1.03. The number of urea groups is 1. The third-order valence-electron chi connectivity index (χ3n) is 3.68. The van der Waals surface area contributed by atoms with Gasteiger partial charge >= 0.3 is 6.03 Å². The van der Waals surface area contributed by atoms with Crippen LogP contribution in [0.25, 0.3) is 10.2 Å². The number of hydrogen-bond acceptors (Lipinski definition) is 4. The summed E-state index contributed by atoms with van der Waals surface area (Å²) in [6.07, 6.45) is 0.744. The minimum absolute atomic E-state index is 0.0674. The van der Waals surface area contributed by atoms with E-state index < -0.39 is 0 Å². The second kappa shape index (κ2) is 7.90. The molecule has 0 saturated carbocycles. The Kier molecular flexibility index (Phi) is 5.40. The van der Waals surface area contributed by atoms with Gasteiger partial charge in [-0.15, -0.1) is 0 Å². The van der Waals surface area contributed by atoms with Crippen LogP contribution in [-0.2, 0) is 6.42 Å². The topological polar surface area (TPSA) is 65.5 Å². The average Bonchev–Trinajstić information content (AvgIpc) is 3.01. The lowest BCUT2D eigenvalue weighted by molar-refractivity contribution is 0.189. The Bertz CT molecular complexity index is 771. The Labute approximate surface area is 144 Å². The second-order valence-electron chi connectivity index (χ2n) is 5.36. The van der Waals surface area contributed by atoms with Gasteiger partial charge in [0.25, 0.3) is 0 Å². The van der Waals surface area contributed by atoms with Crippen molar-refractivity contribution in [1.82, 2.24) is 9.88 Å². The first-order chi connectivity index (χ1) is 11.8. The normalized spacial score (nSPS) is 10.7. The van der Waals surface area contributed by atoms with Gasteiger partial charge in [0.2, 0.25) is 0 Å². The number of carbonyl (C=O) groups excluding carboxylic acids is 1. The zero-order valence-corrected chi connectivity index (χ0v) is 14.0. The molecule has 2 aromatic carbocycles. The number of para-hydroxylation sites is 1. The standard InChI is InChI=1S/C18H19N3O2S/c22-13-12-21(11-10-14-6-2-1-3-7-14)18(23)20-17-19-15-8-4-5-9-16(15)24-17/h1-9,22H,10-13H2,(H,19,20,23). The van der Waals surface area contributed by atoms with Crippen LogP contribution in [0, 0.1) is 0 Å². The third kappa shape index (κ3) is 4.10. The van der Waals surface area contributed by atoms with E-state index in [0.29, 0.717) is 18.2 Å². The fourth-order valence-electron chi connectivity index (χ4n) is 2.44. The predicted octanol–water partition coefficient (Wildman–Crippen LogP) is 3.37. The second-order valence-corrected chi connectivity index (χ2v) is 6.39. The predicted molar refractivity (Wildman–Crippen MR) is 97.4 cm³/mol. The first-order valence-corrected chi connectivity index (χ1v) is 8.64. The van der Waals surface area contributed by atoms with Gasteiger partial charge in [0.1, 0.15) is 0 Å². The number of hydrogen-bond donors (Lipinski definition) is 2. The van der Waals surface area contributed by atoms with Crippen molar-refractivity contribution in [1.29, 1.82) is 0 Å². The summed E-state index contributed by atoms with van der Waals surface area (Å²) in [6.45, 7) is 0.771. The third-order valence-corrected chi connectivity index (χ3v) is 4.63. The summed E-state index contributed by atoms with van der Waals surface area (Å²) >= 11 is 1.44. The molecule has 0 saturated heterocycles. The quantitative estimate of drug-likeness (QED) is 0.722. The molecule has 2 amide bonds. The van der Waals surface area contributed by atoms with Gasteiger partial charge in [-0.2, -0.15) is 0 Å². The Balaban J connectivity index is 1.65. The van der Waals surface area contributed by atoms with Gasteiger partial charge in [-0.1, -0.05) is 53.8 Å². The summed E-state index contributed by atoms with van der Waals surface area (Å²) in [5.41, 5.74) is 2.03. The molecule has 1 heterocycles. The van der Waals surface area contributed by atoms with Crippen LogP contribution in [0.3, 0.4) is 0 Å². The molecule has 0 aliphatic rings. The molecule has 0 aliphatic carbocycles. The van der Waals surface area contributed by atoms with Crippen LogP contribution in [0.5, 0.6) is 0 Å². The molecule has 3 aromatic rings. The Morgan fingerprint density at radius 3 is 2.58 bits per heavy atom. The highest BCUT2D eigenvalue weighted by Crippen LogP contribution is 2.25. The highest BCUT2D eigenvalue weighted by Gasteiger charge is 2.15. The number of amides is 2. The van der Waals surface area contributed by atoms with Crippen LogP contribution in [0.15, 0.2) is 54.6 Å². The van der Waals surface area contributed by atoms with Crippen molar-refractivity contribution in [3.63, 3.8) is 0 Å². The van der Waals surface area contributed by atoms with E-state index in [2.05, 4.69) is 10.3 Å². The minimum Gasteiger partial charge on any atom is -0.395 e. The number of aromatic nitrogens is 1. The number of anilines is 1. The molecule has 2 N–H and O–H groups in total. The molecule has 6 heteroatoms. The molecular weight excluding hydrogens is 322 g/mol. The van der Waals surface area contributed by atoms with E-state index in [1.807, 2.05) is 54.6 Å². The lowest BCUT2D eigenvalue weighted by atomic mass is 10.1. The molecule has 0 fully saturated rings. The van der Waals surface area contributed by atoms with Gasteiger partial charge in [0.15, 0.2) is 5.13 Å². The van der Waals surface area contributed by atoms with Crippen LogP contribution in [0.2, 0.25) is 0 Å². The summed E-state index contributed by atoms with van der Waals surface area (Å²) in [6, 6.07) is 17.5. The van der Waals surface area contributed by atoms with Crippen molar-refractivity contribution < 1.29 is 9.90 Å². The highest BCUT2D eigenvalue weighted by molar-refractivity contribution is 7.22. The molecule has 3 rings (SSSR count). The number of nitrogens with zero attached hydrogens (tertiary/aromatic N) is 2. The van der Waals surface area contributed by atoms with Crippen LogP contribution < -0.4 is 5.32 Å². The minimum atomic E-state index is -0.237. The molecule has 5 nitrogen and oxygen atoms in total. The molecule has 124 valence electrons. The maximum absolute atomic E-state index is 12.5. The molecular formula is C18H19N3O2S. The Hall–Kier alpha value is -2.44. The molecule has 0 unspecified atom stereocenters. The van der Waals surface area contributed by atoms with Gasteiger partial charge in [-0.05, 0) is 24.1 Å². The summed E-state index contributed by atoms with van der Waals surface area (Å²) in [4.78, 5) is 18.5. The van der Waals surface area contributed by atoms with Crippen LogP contribution in [0.4, 0.5) is 9.93 Å². The number of fused-ring (bicyclic) bond motifs is 1. The molecule has 0 radical (unpaired) electrons. The van der Waals surface area contributed by atoms with Gasteiger partial charge in [0.05, 0.1) is 16.8 Å². The van der Waals surface area contributed by atoms with Gasteiger partial charge in [-0.3, -0.25) is 5.32 Å². The summed E-state index contributed by atoms with van der Waals surface area (Å²) in [5, 5.41) is 12.6. The zero-order valence-electron chi connectivity index (χ0n) is 13.2. The van der Waals surface area contributed by atoms with E-state index >= 15 is 0 Å². The van der Waals surface area contributed by atoms with Crippen LogP contribution in [0.1, 0.15) is 5.56 Å². The van der Waals surface area contributed by atoms with Crippen LogP contribution >= 0.6 is 11.3 Å². The highest BCUT2D eigenvalue weighted by atomic mass is 32.1. The largest absolute Gasteiger partial charge is 0.395 e. The number of thiazole rings is 1. The number of nitrogens with one attached hydrogen (secondary N) is 1. The molecule has 1 aromatic heterocycles. The maximum atomic E-state index is 12.5. The number of benzene rings is 2. The lowest BCUT2D eigenvalue weighted by Crippen LogP contribution is -2.38. The summed E-state index contributed by atoms with van der Waals surface area (Å²) in [7, 11) is 0. The van der Waals surface area contributed by atoms with Crippen molar-refractivity contribution in [3.8, 4) is 0 Å². The Morgan fingerprint density at radius 1 is 1.08 bits per heavy atom. The van der Waals surface area contributed by atoms with Gasteiger partial charge < -0.3 is 10.0 Å². The van der Waals surface area contributed by atoms with Crippen molar-refractivity contribution in [2.24, 2.45) is 0 Å². The number of rotatable bonds is 6. The van der Waals surface area contributed by atoms with E-state index in [9.17, 15) is 9.90 Å². The number of aliphatic hydroxyl groups is 1. The number of carbonyl (C=O) groups is 1. The van der Waals surface area contributed by atoms with E-state index in [4.69, 9.17) is 0 Å². The monoisotopic (exact) mass is 341 g/mol. The lowest BCUT2D eigenvalue weighted by Gasteiger charge is -2.21. The SMILES string of the molecule is O=C(Nc1nc2ccccc2s1)N(CCO)CCc1ccccc1. The first-order valence-electron chi connectivity index (χ1n) is 7.82. The smallest absolute Gasteiger partial charge is 0.323 e. The first kappa shape index (κ1) is 16.4. The van der Waals surface area contributed by atoms with Gasteiger partial charge in [0, 0.05) is 13.1 Å². The van der Waals surface area contributed by atoms with Crippen molar-refractivity contribution >= 4 is 32.7 Å². The van der Waals surface area contributed by atoms with Crippen molar-refractivity contribution in [2.45, 2.75) is 6.42 Å². The Morgan fingerprint density at radius 2 is 1.83 bits per heavy atom. The van der Waals surface area contributed by atoms with E-state index in [1.165, 1.54) is 11.3 Å². The molecule has 0 bridgehead atoms. The molecule has 0 aliphatic heterocycles. The zero-order chi connectivity index (χ0) is 16.8. The fourth-order valence-corrected chi connectivity index (χ4v) is 3.30. The van der Waals surface area contributed by atoms with Crippen molar-refractivity contribution in [3.05, 3.63) is 60.2 Å². The van der Waals surface area contributed by atoms with E-state index in [0.717, 1.165) is 22.2 Å². The van der Waals surface area contributed by atoms with Crippen LogP contribution in [-0.4, -0.2) is 40.7 Å². The molecule has 0 atom stereocenters. The van der Waals surface area contributed by atoms with Crippen molar-refractivity contribution in [2.75, 3.05) is 25.0 Å². The number of aliphatic hydroxyl groups excluding tert-OH is 1. The maximum Gasteiger partial charge on any atom is 0.323 e. The average molecular weight is 341 g/mol. The van der Waals surface area contributed by atoms with E-state index in [1.54, 1.807) is 4.90 Å². The molecule has 0 spiro atoms. The van der Waals surface area contributed by atoms with E-state index in [-0.39, 0.29) is 12.6 Å².